The van der Waals surface area contributed by atoms with Crippen LogP contribution in [0.5, 0.6) is 0 Å². The molecule has 1 heterocycles. The minimum atomic E-state index is 0.928. The molecule has 0 aromatic carbocycles. The Morgan fingerprint density at radius 3 is 2.43 bits per heavy atom. The van der Waals surface area contributed by atoms with Crippen LogP contribution >= 0.6 is 0 Å². The molecule has 0 bridgehead atoms. The van der Waals surface area contributed by atoms with Crippen LogP contribution in [0.3, 0.4) is 0 Å². The summed E-state index contributed by atoms with van der Waals surface area (Å²) in [6.45, 7) is 3.86. The van der Waals surface area contributed by atoms with E-state index in [0.29, 0.717) is 0 Å². The third-order valence-electron chi connectivity index (χ3n) is 0.793. The average molecular weight is 98.1 g/mol. The molecule has 0 unspecified atom stereocenters. The molecule has 2 heteroatoms. The van der Waals surface area contributed by atoms with Crippen molar-refractivity contribution in [2.45, 2.75) is 13.8 Å². The molecule has 0 radical (unpaired) electrons. The Kier molecular flexibility index (Phi) is 0.855. The number of hydrogen-bond acceptors (Lipinski definition) is 1. The maximum atomic E-state index is 4.84. The number of hydrogen-bond donors (Lipinski definition) is 0. The summed E-state index contributed by atoms with van der Waals surface area (Å²) in [6, 6.07) is 1.94. The van der Waals surface area contributed by atoms with Gasteiger partial charge >= 0.3 is 0 Å². The van der Waals surface area contributed by atoms with Crippen molar-refractivity contribution in [3.05, 3.63) is 17.5 Å². The molecule has 1 aromatic rings. The Hall–Kier alpha value is -0.790. The zero-order valence-electron chi connectivity index (χ0n) is 4.49. The average Bonchev–Trinajstić information content (AvgIpc) is 1.87. The van der Waals surface area contributed by atoms with E-state index in [1.54, 1.807) is 0 Å². The fourth-order valence-corrected chi connectivity index (χ4v) is 0.525. The molecular formula is C5H8NO+. The molecular weight excluding hydrogens is 90.1 g/mol. The molecule has 0 saturated heterocycles. The molecule has 0 spiro atoms. The second-order valence-corrected chi connectivity index (χ2v) is 1.64. The van der Waals surface area contributed by atoms with Crippen molar-refractivity contribution in [3.63, 3.8) is 0 Å². The van der Waals surface area contributed by atoms with E-state index >= 15 is 0 Å². The predicted molar refractivity (Wildman–Crippen MR) is 24.7 cm³/mol. The number of nitrogens with one attached hydrogen (secondary N) is 1. The first kappa shape index (κ1) is 4.37. The van der Waals surface area contributed by atoms with Gasteiger partial charge in [0.25, 0.3) is 0 Å². The number of rotatable bonds is 0. The lowest BCUT2D eigenvalue weighted by molar-refractivity contribution is -0.615. The fraction of sp³-hybridized carbons (Fsp3) is 0.400. The van der Waals surface area contributed by atoms with Crippen LogP contribution in [0.1, 0.15) is 11.5 Å². The lowest BCUT2D eigenvalue weighted by atomic mass is 10.4. The Balaban J connectivity index is 3.04. The zero-order chi connectivity index (χ0) is 5.28. The molecule has 0 aliphatic rings. The lowest BCUT2D eigenvalue weighted by Crippen LogP contribution is -1.96. The molecule has 38 valence electrons. The van der Waals surface area contributed by atoms with E-state index in [-0.39, 0.29) is 0 Å². The molecule has 0 aliphatic carbocycles. The maximum Gasteiger partial charge on any atom is 0.226 e. The van der Waals surface area contributed by atoms with E-state index in [1.165, 1.54) is 0 Å². The molecule has 0 fully saturated rings. The minimum Gasteiger partial charge on any atom is -0.244 e. The van der Waals surface area contributed by atoms with E-state index in [0.717, 1.165) is 11.5 Å². The van der Waals surface area contributed by atoms with Crippen molar-refractivity contribution in [2.75, 3.05) is 0 Å². The Bertz CT molecular complexity index is 140. The fourth-order valence-electron chi connectivity index (χ4n) is 0.525. The largest absolute Gasteiger partial charge is 0.244 e. The Morgan fingerprint density at radius 1 is 1.57 bits per heavy atom. The lowest BCUT2D eigenvalue weighted by Gasteiger charge is -1.59. The van der Waals surface area contributed by atoms with E-state index in [4.69, 9.17) is 4.52 Å². The summed E-state index contributed by atoms with van der Waals surface area (Å²) in [4.78, 5) is 0. The SMILES string of the molecule is Cc1cc(C)o[nH+]1. The minimum absolute atomic E-state index is 0.928. The number of aryl methyl sites for hydroxylation is 2. The third-order valence-corrected chi connectivity index (χ3v) is 0.793. The highest BCUT2D eigenvalue weighted by atomic mass is 16.5. The summed E-state index contributed by atoms with van der Waals surface area (Å²) in [6.07, 6.45) is 0. The van der Waals surface area contributed by atoms with Crippen LogP contribution in [0.15, 0.2) is 10.6 Å². The van der Waals surface area contributed by atoms with Crippen LogP contribution in [-0.2, 0) is 0 Å². The van der Waals surface area contributed by atoms with Gasteiger partial charge in [-0.05, 0) is 5.16 Å². The highest BCUT2D eigenvalue weighted by molar-refractivity contribution is 4.94. The number of aromatic amines is 1. The summed E-state index contributed by atoms with van der Waals surface area (Å²) >= 11 is 0. The van der Waals surface area contributed by atoms with Crippen molar-refractivity contribution in [1.29, 1.82) is 0 Å². The van der Waals surface area contributed by atoms with Crippen LogP contribution < -0.4 is 5.16 Å². The highest BCUT2D eigenvalue weighted by Gasteiger charge is 1.95. The van der Waals surface area contributed by atoms with Crippen LogP contribution in [0.4, 0.5) is 0 Å². The van der Waals surface area contributed by atoms with Crippen LogP contribution in [-0.4, -0.2) is 0 Å². The third kappa shape index (κ3) is 0.796. The second-order valence-electron chi connectivity index (χ2n) is 1.64. The normalized spacial score (nSPS) is 9.43. The van der Waals surface area contributed by atoms with Gasteiger partial charge in [-0.2, -0.15) is 0 Å². The van der Waals surface area contributed by atoms with Crippen molar-refractivity contribution >= 4 is 0 Å². The van der Waals surface area contributed by atoms with Crippen LogP contribution in [0.2, 0.25) is 0 Å². The maximum absolute atomic E-state index is 4.84. The molecule has 1 rings (SSSR count). The molecule has 0 saturated carbocycles. The van der Waals surface area contributed by atoms with Gasteiger partial charge in [0.1, 0.15) is 0 Å². The van der Waals surface area contributed by atoms with E-state index in [1.807, 2.05) is 19.9 Å². The van der Waals surface area contributed by atoms with Gasteiger partial charge in [0.15, 0.2) is 5.76 Å². The monoisotopic (exact) mass is 98.1 g/mol. The van der Waals surface area contributed by atoms with Gasteiger partial charge in [0.05, 0.1) is 6.07 Å². The summed E-state index contributed by atoms with van der Waals surface area (Å²) < 4.78 is 4.84. The zero-order valence-corrected chi connectivity index (χ0v) is 4.49. The van der Waals surface area contributed by atoms with Gasteiger partial charge in [-0.15, -0.1) is 0 Å². The Labute approximate surface area is 42.1 Å². The highest BCUT2D eigenvalue weighted by Crippen LogP contribution is 1.91. The quantitative estimate of drug-likeness (QED) is 0.469. The number of aromatic nitrogens is 1. The van der Waals surface area contributed by atoms with Crippen molar-refractivity contribution in [3.8, 4) is 0 Å². The molecule has 1 aromatic heterocycles. The van der Waals surface area contributed by atoms with Gasteiger partial charge < -0.3 is 0 Å². The first-order valence-corrected chi connectivity index (χ1v) is 2.24. The predicted octanol–water partition coefficient (Wildman–Crippen LogP) is 0.711. The van der Waals surface area contributed by atoms with Gasteiger partial charge in [-0.1, -0.05) is 0 Å². The first-order valence-electron chi connectivity index (χ1n) is 2.24. The summed E-state index contributed by atoms with van der Waals surface area (Å²) in [5.74, 6) is 0.928. The standard InChI is InChI=1S/C5H7NO/c1-4-3-5(2)7-6-4/h3H,1-2H3/p+1. The van der Waals surface area contributed by atoms with Crippen molar-refractivity contribution in [1.82, 2.24) is 0 Å². The molecule has 2 nitrogen and oxygen atoms in total. The Morgan fingerprint density at radius 2 is 2.29 bits per heavy atom. The van der Waals surface area contributed by atoms with Crippen LogP contribution in [0, 0.1) is 13.8 Å². The van der Waals surface area contributed by atoms with Gasteiger partial charge in [-0.3, -0.25) is 0 Å². The topological polar surface area (TPSA) is 27.3 Å². The van der Waals surface area contributed by atoms with E-state index < -0.39 is 0 Å². The van der Waals surface area contributed by atoms with E-state index in [9.17, 15) is 0 Å². The van der Waals surface area contributed by atoms with Crippen molar-refractivity contribution < 1.29 is 9.68 Å². The molecule has 0 aliphatic heterocycles. The smallest absolute Gasteiger partial charge is 0.226 e. The van der Waals surface area contributed by atoms with Crippen LogP contribution in [0.25, 0.3) is 0 Å². The molecule has 0 amide bonds. The van der Waals surface area contributed by atoms with Gasteiger partial charge in [0, 0.05) is 13.8 Å². The van der Waals surface area contributed by atoms with Crippen molar-refractivity contribution in [2.24, 2.45) is 0 Å². The first-order chi connectivity index (χ1) is 3.29. The van der Waals surface area contributed by atoms with Gasteiger partial charge in [0.2, 0.25) is 5.69 Å². The van der Waals surface area contributed by atoms with E-state index in [2.05, 4.69) is 5.16 Å². The molecule has 1 N–H and O–H groups in total. The number of H-pyrrole nitrogens is 1. The summed E-state index contributed by atoms with van der Waals surface area (Å²) in [5, 5.41) is 2.69. The molecule has 0 atom stereocenters. The second kappa shape index (κ2) is 1.37. The summed E-state index contributed by atoms with van der Waals surface area (Å²) in [7, 11) is 0. The van der Waals surface area contributed by atoms with Gasteiger partial charge in [-0.25, -0.2) is 4.52 Å². The summed E-state index contributed by atoms with van der Waals surface area (Å²) in [5.41, 5.74) is 1.07. The molecule has 7 heavy (non-hydrogen) atoms.